The summed E-state index contributed by atoms with van der Waals surface area (Å²) in [6, 6.07) is 23.7. The highest BCUT2D eigenvalue weighted by Crippen LogP contribution is 2.20. The minimum absolute atomic E-state index is 0.207. The zero-order valence-electron chi connectivity index (χ0n) is 17.2. The molecule has 162 valence electrons. The minimum Gasteiger partial charge on any atom is -0.492 e. The highest BCUT2D eigenvalue weighted by atomic mass is 16.5. The van der Waals surface area contributed by atoms with Crippen molar-refractivity contribution in [2.75, 3.05) is 6.61 Å². The molecular weight excluding hydrogens is 408 g/mol. The molecule has 1 heterocycles. The zero-order chi connectivity index (χ0) is 22.3. The Morgan fingerprint density at radius 1 is 0.906 bits per heavy atom. The number of ether oxygens (including phenoxy) is 2. The molecule has 1 aromatic heterocycles. The molecule has 0 bridgehead atoms. The zero-order valence-corrected chi connectivity index (χ0v) is 17.2. The van der Waals surface area contributed by atoms with E-state index in [1.807, 2.05) is 54.6 Å². The van der Waals surface area contributed by atoms with E-state index in [9.17, 15) is 9.59 Å². The van der Waals surface area contributed by atoms with Gasteiger partial charge in [0, 0.05) is 23.2 Å². The molecule has 4 aromatic rings. The summed E-state index contributed by atoms with van der Waals surface area (Å²) in [6.45, 7) is 1.08. The van der Waals surface area contributed by atoms with Gasteiger partial charge in [-0.2, -0.15) is 0 Å². The number of aromatic nitrogens is 1. The molecule has 0 saturated carbocycles. The Bertz CT molecular complexity index is 1280. The molecule has 0 aliphatic heterocycles. The molecule has 1 amide bonds. The predicted octanol–water partition coefficient (Wildman–Crippen LogP) is 3.78. The number of nitrogens with one attached hydrogen (secondary N) is 1. The Hall–Kier alpha value is -4.10. The van der Waals surface area contributed by atoms with Crippen molar-refractivity contribution in [1.82, 2.24) is 10.0 Å². The summed E-state index contributed by atoms with van der Waals surface area (Å²) in [5.41, 5.74) is 2.62. The van der Waals surface area contributed by atoms with Crippen LogP contribution in [-0.4, -0.2) is 22.3 Å². The summed E-state index contributed by atoms with van der Waals surface area (Å²) in [7, 11) is 0. The molecule has 0 atom stereocenters. The molecule has 0 aliphatic rings. The fourth-order valence-electron chi connectivity index (χ4n) is 3.32. The number of carbonyl (C=O) groups is 1. The van der Waals surface area contributed by atoms with Gasteiger partial charge in [0.15, 0.2) is 0 Å². The molecule has 32 heavy (non-hydrogen) atoms. The fourth-order valence-corrected chi connectivity index (χ4v) is 3.32. The number of nitrogens with zero attached hydrogens (tertiary/aromatic N) is 1. The van der Waals surface area contributed by atoms with E-state index in [0.29, 0.717) is 35.4 Å². The highest BCUT2D eigenvalue weighted by molar-refractivity contribution is 5.97. The van der Waals surface area contributed by atoms with Crippen LogP contribution in [-0.2, 0) is 13.2 Å². The molecule has 0 radical (unpaired) electrons. The van der Waals surface area contributed by atoms with Crippen LogP contribution in [0.4, 0.5) is 0 Å². The number of benzene rings is 3. The van der Waals surface area contributed by atoms with Gasteiger partial charge in [-0.05, 0) is 41.3 Å². The van der Waals surface area contributed by atoms with E-state index in [4.69, 9.17) is 14.7 Å². The normalized spacial score (nSPS) is 10.7. The van der Waals surface area contributed by atoms with Gasteiger partial charge in [-0.1, -0.05) is 42.5 Å². The van der Waals surface area contributed by atoms with Crippen molar-refractivity contribution in [3.8, 4) is 11.5 Å². The van der Waals surface area contributed by atoms with E-state index in [0.717, 1.165) is 5.56 Å². The Kier molecular flexibility index (Phi) is 6.48. The van der Waals surface area contributed by atoms with Gasteiger partial charge in [-0.25, -0.2) is 5.48 Å². The maximum Gasteiger partial charge on any atom is 0.274 e. The Labute approximate surface area is 184 Å². The molecule has 0 spiro atoms. The van der Waals surface area contributed by atoms with Gasteiger partial charge in [-0.3, -0.25) is 14.8 Å². The maximum absolute atomic E-state index is 12.8. The van der Waals surface area contributed by atoms with Gasteiger partial charge >= 0.3 is 0 Å². The maximum atomic E-state index is 12.8. The van der Waals surface area contributed by atoms with E-state index in [1.165, 1.54) is 10.6 Å². The Morgan fingerprint density at radius 2 is 1.69 bits per heavy atom. The lowest BCUT2D eigenvalue weighted by Crippen LogP contribution is -2.23. The third-order valence-electron chi connectivity index (χ3n) is 5.00. The molecule has 0 unspecified atom stereocenters. The Morgan fingerprint density at radius 3 is 2.47 bits per heavy atom. The summed E-state index contributed by atoms with van der Waals surface area (Å²) >= 11 is 0. The van der Waals surface area contributed by atoms with Gasteiger partial charge in [0.2, 0.25) is 0 Å². The summed E-state index contributed by atoms with van der Waals surface area (Å²) < 4.78 is 13.2. The lowest BCUT2D eigenvalue weighted by atomic mass is 10.1. The Balaban J connectivity index is 1.40. The van der Waals surface area contributed by atoms with Crippen molar-refractivity contribution in [1.29, 1.82) is 0 Å². The largest absolute Gasteiger partial charge is 0.492 e. The number of hydroxylamine groups is 1. The topological polar surface area (TPSA) is 89.8 Å². The lowest BCUT2D eigenvalue weighted by Gasteiger charge is -2.11. The number of pyridine rings is 1. The molecule has 0 fully saturated rings. The van der Waals surface area contributed by atoms with Crippen molar-refractivity contribution in [3.63, 3.8) is 0 Å². The molecule has 2 N–H and O–H groups in total. The number of amides is 1. The molecule has 0 aliphatic carbocycles. The van der Waals surface area contributed by atoms with E-state index in [1.54, 1.807) is 29.9 Å². The first-order chi connectivity index (χ1) is 15.6. The van der Waals surface area contributed by atoms with Crippen molar-refractivity contribution in [2.45, 2.75) is 13.2 Å². The van der Waals surface area contributed by atoms with E-state index in [2.05, 4.69) is 0 Å². The van der Waals surface area contributed by atoms with Crippen molar-refractivity contribution in [3.05, 3.63) is 107 Å². The first-order valence-corrected chi connectivity index (χ1v) is 10.1. The average Bonchev–Trinajstić information content (AvgIpc) is 2.84. The SMILES string of the molecule is O=C(NO)c1ccc2ccn(CCOc3cccc(OCc4ccccc4)c3)c(=O)c2c1. The molecule has 0 saturated heterocycles. The molecule has 7 heteroatoms. The van der Waals surface area contributed by atoms with Crippen LogP contribution in [0.15, 0.2) is 89.9 Å². The monoisotopic (exact) mass is 430 g/mol. The number of rotatable bonds is 8. The second-order valence-corrected chi connectivity index (χ2v) is 7.15. The first-order valence-electron chi connectivity index (χ1n) is 10.1. The quantitative estimate of drug-likeness (QED) is 0.328. The van der Waals surface area contributed by atoms with Gasteiger partial charge in [0.05, 0.1) is 6.54 Å². The third-order valence-corrected chi connectivity index (χ3v) is 5.00. The highest BCUT2D eigenvalue weighted by Gasteiger charge is 2.09. The van der Waals surface area contributed by atoms with Crippen molar-refractivity contribution in [2.24, 2.45) is 0 Å². The van der Waals surface area contributed by atoms with E-state index >= 15 is 0 Å². The second-order valence-electron chi connectivity index (χ2n) is 7.15. The molecule has 7 nitrogen and oxygen atoms in total. The lowest BCUT2D eigenvalue weighted by molar-refractivity contribution is 0.0706. The number of carbonyl (C=O) groups excluding carboxylic acids is 1. The summed E-state index contributed by atoms with van der Waals surface area (Å²) in [5.74, 6) is 0.676. The average molecular weight is 430 g/mol. The first kappa shape index (κ1) is 21.1. The van der Waals surface area contributed by atoms with Crippen LogP contribution in [0.3, 0.4) is 0 Å². The van der Waals surface area contributed by atoms with Gasteiger partial charge in [-0.15, -0.1) is 0 Å². The minimum atomic E-state index is -0.667. The predicted molar refractivity (Wildman–Crippen MR) is 120 cm³/mol. The van der Waals surface area contributed by atoms with Crippen molar-refractivity contribution < 1.29 is 19.5 Å². The van der Waals surface area contributed by atoms with Crippen LogP contribution >= 0.6 is 0 Å². The van der Waals surface area contributed by atoms with Crippen LogP contribution in [0.25, 0.3) is 10.8 Å². The van der Waals surface area contributed by atoms with E-state index < -0.39 is 5.91 Å². The van der Waals surface area contributed by atoms with E-state index in [-0.39, 0.29) is 17.7 Å². The number of hydrogen-bond acceptors (Lipinski definition) is 5. The van der Waals surface area contributed by atoms with Gasteiger partial charge in [0.25, 0.3) is 11.5 Å². The smallest absolute Gasteiger partial charge is 0.274 e. The summed E-state index contributed by atoms with van der Waals surface area (Å²) in [5, 5.41) is 9.92. The number of fused-ring (bicyclic) bond motifs is 1. The third kappa shape index (κ3) is 4.96. The standard InChI is InChI=1S/C25H22N2O5/c28-24(26-30)20-10-9-19-11-12-27(25(29)23(19)15-20)13-14-31-21-7-4-8-22(16-21)32-17-18-5-2-1-3-6-18/h1-12,15-16,30H,13-14,17H2,(H,26,28). The van der Waals surface area contributed by atoms with Gasteiger partial charge in [0.1, 0.15) is 24.7 Å². The van der Waals surface area contributed by atoms with Crippen LogP contribution in [0.1, 0.15) is 15.9 Å². The summed E-state index contributed by atoms with van der Waals surface area (Å²) in [4.78, 5) is 24.4. The van der Waals surface area contributed by atoms with Crippen LogP contribution < -0.4 is 20.5 Å². The van der Waals surface area contributed by atoms with Gasteiger partial charge < -0.3 is 14.0 Å². The molecule has 3 aromatic carbocycles. The second kappa shape index (κ2) is 9.80. The molecule has 4 rings (SSSR count). The van der Waals surface area contributed by atoms with Crippen LogP contribution in [0, 0.1) is 0 Å². The van der Waals surface area contributed by atoms with Crippen molar-refractivity contribution >= 4 is 16.7 Å². The molecular formula is C25H22N2O5. The fraction of sp³-hybridized carbons (Fsp3) is 0.120. The number of hydrogen-bond donors (Lipinski definition) is 2. The van der Waals surface area contributed by atoms with Crippen LogP contribution in [0.2, 0.25) is 0 Å². The van der Waals surface area contributed by atoms with Crippen LogP contribution in [0.5, 0.6) is 11.5 Å². The summed E-state index contributed by atoms with van der Waals surface area (Å²) in [6.07, 6.45) is 1.69.